The lowest BCUT2D eigenvalue weighted by molar-refractivity contribution is -0.121. The second-order valence-electron chi connectivity index (χ2n) is 4.03. The van der Waals surface area contributed by atoms with Crippen molar-refractivity contribution in [2.24, 2.45) is 0 Å². The van der Waals surface area contributed by atoms with E-state index in [1.165, 1.54) is 0 Å². The zero-order valence-electron chi connectivity index (χ0n) is 11.8. The van der Waals surface area contributed by atoms with Gasteiger partial charge in [-0.3, -0.25) is 4.79 Å². The summed E-state index contributed by atoms with van der Waals surface area (Å²) in [6.07, 6.45) is 0.213. The van der Waals surface area contributed by atoms with E-state index in [1.54, 1.807) is 25.1 Å². The molecule has 1 amide bonds. The van der Waals surface area contributed by atoms with Gasteiger partial charge < -0.3 is 20.5 Å². The van der Waals surface area contributed by atoms with Gasteiger partial charge in [-0.1, -0.05) is 0 Å². The number of anilines is 1. The number of benzene rings is 1. The molecule has 110 valence electrons. The molecule has 6 nitrogen and oxygen atoms in total. The number of hydrogen-bond donors (Lipinski definition) is 2. The molecule has 0 saturated carbocycles. The zero-order valence-corrected chi connectivity index (χ0v) is 11.8. The van der Waals surface area contributed by atoms with E-state index in [2.05, 4.69) is 5.32 Å². The highest BCUT2D eigenvalue weighted by Crippen LogP contribution is 2.23. The van der Waals surface area contributed by atoms with Gasteiger partial charge in [0.25, 0.3) is 0 Å². The van der Waals surface area contributed by atoms with Gasteiger partial charge in [-0.05, 0) is 26.0 Å². The minimum atomic E-state index is -0.472. The first-order valence-corrected chi connectivity index (χ1v) is 6.54. The first-order chi connectivity index (χ1) is 9.58. The minimum absolute atomic E-state index is 0.103. The summed E-state index contributed by atoms with van der Waals surface area (Å²) in [6, 6.07) is 4.70. The highest BCUT2D eigenvalue weighted by Gasteiger charge is 2.14. The summed E-state index contributed by atoms with van der Waals surface area (Å²) < 4.78 is 10.4. The second kappa shape index (κ2) is 8.04. The van der Waals surface area contributed by atoms with E-state index in [4.69, 9.17) is 15.2 Å². The third-order valence-corrected chi connectivity index (χ3v) is 2.46. The molecule has 0 heterocycles. The summed E-state index contributed by atoms with van der Waals surface area (Å²) in [7, 11) is 0. The summed E-state index contributed by atoms with van der Waals surface area (Å²) >= 11 is 0. The molecule has 0 unspecified atom stereocenters. The number of ether oxygens (including phenoxy) is 2. The maximum absolute atomic E-state index is 11.8. The van der Waals surface area contributed by atoms with Crippen molar-refractivity contribution in [3.05, 3.63) is 23.8 Å². The van der Waals surface area contributed by atoms with Gasteiger partial charge in [-0.15, -0.1) is 0 Å². The Labute approximate surface area is 118 Å². The molecule has 0 aromatic heterocycles. The quantitative estimate of drug-likeness (QED) is 0.581. The van der Waals surface area contributed by atoms with Crippen molar-refractivity contribution >= 4 is 17.6 Å². The number of nitrogens with one attached hydrogen (secondary N) is 1. The normalized spacial score (nSPS) is 9.90. The smallest absolute Gasteiger partial charge is 0.341 e. The highest BCUT2D eigenvalue weighted by atomic mass is 16.5. The first-order valence-electron chi connectivity index (χ1n) is 6.54. The summed E-state index contributed by atoms with van der Waals surface area (Å²) in [5.41, 5.74) is 6.45. The topological polar surface area (TPSA) is 90.6 Å². The van der Waals surface area contributed by atoms with E-state index in [1.807, 2.05) is 6.92 Å². The third-order valence-electron chi connectivity index (χ3n) is 2.46. The monoisotopic (exact) mass is 280 g/mol. The van der Waals surface area contributed by atoms with E-state index in [9.17, 15) is 9.59 Å². The molecule has 1 aromatic carbocycles. The molecule has 3 N–H and O–H groups in total. The average Bonchev–Trinajstić information content (AvgIpc) is 2.39. The van der Waals surface area contributed by atoms with Crippen LogP contribution < -0.4 is 15.8 Å². The number of nitrogens with two attached hydrogens (primary N) is 1. The van der Waals surface area contributed by atoms with Gasteiger partial charge in [0.15, 0.2) is 0 Å². The van der Waals surface area contributed by atoms with Crippen molar-refractivity contribution in [3.63, 3.8) is 0 Å². The van der Waals surface area contributed by atoms with E-state index in [0.29, 0.717) is 23.5 Å². The zero-order chi connectivity index (χ0) is 15.0. The largest absolute Gasteiger partial charge is 0.492 e. The van der Waals surface area contributed by atoms with Crippen LogP contribution in [0.3, 0.4) is 0 Å². The molecule has 0 saturated heterocycles. The predicted molar refractivity (Wildman–Crippen MR) is 75.6 cm³/mol. The van der Waals surface area contributed by atoms with Crippen molar-refractivity contribution in [1.82, 2.24) is 5.32 Å². The Morgan fingerprint density at radius 3 is 2.70 bits per heavy atom. The van der Waals surface area contributed by atoms with Crippen LogP contribution in [-0.4, -0.2) is 31.6 Å². The number of carbonyl (C=O) groups is 2. The fourth-order valence-electron chi connectivity index (χ4n) is 1.58. The first kappa shape index (κ1) is 15.8. The molecule has 0 radical (unpaired) electrons. The summed E-state index contributed by atoms with van der Waals surface area (Å²) in [6.45, 7) is 4.59. The van der Waals surface area contributed by atoms with Crippen molar-refractivity contribution in [1.29, 1.82) is 0 Å². The molecule has 0 atom stereocenters. The Morgan fingerprint density at radius 2 is 2.05 bits per heavy atom. The van der Waals surface area contributed by atoms with E-state index < -0.39 is 5.97 Å². The van der Waals surface area contributed by atoms with Crippen LogP contribution in [-0.2, 0) is 9.53 Å². The Bertz CT molecular complexity index is 474. The molecule has 0 aliphatic heterocycles. The van der Waals surface area contributed by atoms with Crippen LogP contribution in [0.15, 0.2) is 18.2 Å². The molecule has 1 aromatic rings. The van der Waals surface area contributed by atoms with E-state index in [0.717, 1.165) is 0 Å². The average molecular weight is 280 g/mol. The van der Waals surface area contributed by atoms with Crippen LogP contribution in [0.2, 0.25) is 0 Å². The fraction of sp³-hybridized carbons (Fsp3) is 0.429. The predicted octanol–water partition coefficient (Wildman–Crippen LogP) is 1.35. The van der Waals surface area contributed by atoms with Crippen LogP contribution in [0.5, 0.6) is 5.75 Å². The molecule has 0 aliphatic rings. The molecule has 0 spiro atoms. The number of esters is 1. The van der Waals surface area contributed by atoms with Crippen LogP contribution in [0, 0.1) is 0 Å². The fourth-order valence-corrected chi connectivity index (χ4v) is 1.58. The number of rotatable bonds is 7. The number of hydrogen-bond acceptors (Lipinski definition) is 5. The van der Waals surface area contributed by atoms with Crippen LogP contribution in [0.1, 0.15) is 30.6 Å². The van der Waals surface area contributed by atoms with Crippen LogP contribution >= 0.6 is 0 Å². The second-order valence-corrected chi connectivity index (χ2v) is 4.03. The Kier molecular flexibility index (Phi) is 6.36. The molecule has 0 bridgehead atoms. The molecule has 6 heteroatoms. The van der Waals surface area contributed by atoms with E-state index in [-0.39, 0.29) is 25.5 Å². The lowest BCUT2D eigenvalue weighted by atomic mass is 10.2. The third kappa shape index (κ3) is 4.79. The summed E-state index contributed by atoms with van der Waals surface area (Å²) in [4.78, 5) is 23.1. The van der Waals surface area contributed by atoms with Gasteiger partial charge in [0.1, 0.15) is 11.3 Å². The number of amides is 1. The van der Waals surface area contributed by atoms with Crippen molar-refractivity contribution < 1.29 is 19.1 Å². The maximum atomic E-state index is 11.8. The molecule has 20 heavy (non-hydrogen) atoms. The Morgan fingerprint density at radius 1 is 1.30 bits per heavy atom. The molecular formula is C14H20N2O4. The van der Waals surface area contributed by atoms with Gasteiger partial charge in [0.05, 0.1) is 19.6 Å². The van der Waals surface area contributed by atoms with Gasteiger partial charge in [0, 0.05) is 18.3 Å². The molecule has 0 aliphatic carbocycles. The lowest BCUT2D eigenvalue weighted by Gasteiger charge is -2.11. The van der Waals surface area contributed by atoms with Gasteiger partial charge in [-0.2, -0.15) is 0 Å². The Balaban J connectivity index is 2.70. The lowest BCUT2D eigenvalue weighted by Crippen LogP contribution is -2.24. The SMILES string of the molecule is CCNC(=O)CCOc1cc(N)ccc1C(=O)OCC. The molecule has 1 rings (SSSR count). The van der Waals surface area contributed by atoms with Crippen molar-refractivity contribution in [2.75, 3.05) is 25.5 Å². The summed E-state index contributed by atoms with van der Waals surface area (Å²) in [5, 5.41) is 2.67. The van der Waals surface area contributed by atoms with Crippen molar-refractivity contribution in [2.45, 2.75) is 20.3 Å². The van der Waals surface area contributed by atoms with Crippen LogP contribution in [0.25, 0.3) is 0 Å². The Hall–Kier alpha value is -2.24. The number of nitrogen functional groups attached to an aromatic ring is 1. The van der Waals surface area contributed by atoms with Gasteiger partial charge in [0.2, 0.25) is 5.91 Å². The number of carbonyl (C=O) groups excluding carboxylic acids is 2. The minimum Gasteiger partial charge on any atom is -0.492 e. The van der Waals surface area contributed by atoms with Crippen LogP contribution in [0.4, 0.5) is 5.69 Å². The highest BCUT2D eigenvalue weighted by molar-refractivity contribution is 5.93. The maximum Gasteiger partial charge on any atom is 0.341 e. The molecule has 0 fully saturated rings. The van der Waals surface area contributed by atoms with Gasteiger partial charge in [-0.25, -0.2) is 4.79 Å². The standard InChI is InChI=1S/C14H20N2O4/c1-3-16-13(17)7-8-20-12-9-10(15)5-6-11(12)14(18)19-4-2/h5-6,9H,3-4,7-8,15H2,1-2H3,(H,16,17). The van der Waals surface area contributed by atoms with Crippen molar-refractivity contribution in [3.8, 4) is 5.75 Å². The van der Waals surface area contributed by atoms with Gasteiger partial charge >= 0.3 is 5.97 Å². The molecular weight excluding hydrogens is 260 g/mol. The summed E-state index contributed by atoms with van der Waals surface area (Å²) in [5.74, 6) is -0.248. The van der Waals surface area contributed by atoms with E-state index >= 15 is 0 Å².